The van der Waals surface area contributed by atoms with E-state index in [0.29, 0.717) is 19.0 Å². The summed E-state index contributed by atoms with van der Waals surface area (Å²) in [5, 5.41) is 1.18. The first-order valence-electron chi connectivity index (χ1n) is 7.99. The molecule has 0 saturated carbocycles. The first kappa shape index (κ1) is 17.0. The topological polar surface area (TPSA) is 68.1 Å². The van der Waals surface area contributed by atoms with E-state index in [9.17, 15) is 8.42 Å². The number of piperidine rings is 1. The summed E-state index contributed by atoms with van der Waals surface area (Å²) in [4.78, 5) is 8.67. The van der Waals surface area contributed by atoms with E-state index in [0.717, 1.165) is 23.4 Å². The maximum atomic E-state index is 12.8. The van der Waals surface area contributed by atoms with E-state index < -0.39 is 10.0 Å². The van der Waals surface area contributed by atoms with Gasteiger partial charge < -0.3 is 4.57 Å². The molecule has 1 saturated heterocycles. The van der Waals surface area contributed by atoms with Gasteiger partial charge in [0, 0.05) is 26.1 Å². The summed E-state index contributed by atoms with van der Waals surface area (Å²) in [5.74, 6) is 0.294. The number of benzene rings is 1. The maximum Gasteiger partial charge on any atom is 0.263 e. The van der Waals surface area contributed by atoms with E-state index in [4.69, 9.17) is 16.6 Å². The molecule has 0 spiro atoms. The van der Waals surface area contributed by atoms with Crippen LogP contribution in [-0.2, 0) is 17.1 Å². The third-order valence-corrected chi connectivity index (χ3v) is 8.12. The first-order chi connectivity index (χ1) is 12.0. The first-order valence-corrected chi connectivity index (χ1v) is 10.6. The number of fused-ring (bicyclic) bond motifs is 1. The molecule has 0 amide bonds. The molecule has 6 nitrogen and oxygen atoms in total. The molecule has 0 atom stereocenters. The lowest BCUT2D eigenvalue weighted by Crippen LogP contribution is -2.38. The number of imidazole rings is 1. The predicted molar refractivity (Wildman–Crippen MR) is 98.6 cm³/mol. The Morgan fingerprint density at radius 2 is 1.96 bits per heavy atom. The summed E-state index contributed by atoms with van der Waals surface area (Å²) < 4.78 is 29.7. The van der Waals surface area contributed by atoms with E-state index in [-0.39, 0.29) is 10.2 Å². The van der Waals surface area contributed by atoms with Crippen LogP contribution in [0.5, 0.6) is 0 Å². The van der Waals surface area contributed by atoms with Crippen molar-refractivity contribution in [3.05, 3.63) is 40.8 Å². The lowest BCUT2D eigenvalue weighted by Gasteiger charge is -2.29. The Morgan fingerprint density at radius 3 is 2.60 bits per heavy atom. The van der Waals surface area contributed by atoms with Crippen molar-refractivity contribution in [1.82, 2.24) is 18.8 Å². The van der Waals surface area contributed by atoms with E-state index >= 15 is 0 Å². The molecule has 0 unspecified atom stereocenters. The number of aryl methyl sites for hydroxylation is 1. The quantitative estimate of drug-likeness (QED) is 0.681. The van der Waals surface area contributed by atoms with Crippen LogP contribution in [0, 0.1) is 0 Å². The van der Waals surface area contributed by atoms with E-state index in [1.54, 1.807) is 18.4 Å². The monoisotopic (exact) mass is 396 g/mol. The van der Waals surface area contributed by atoms with Gasteiger partial charge in [-0.05, 0) is 25.0 Å². The highest BCUT2D eigenvalue weighted by Gasteiger charge is 2.34. The number of hydrogen-bond acceptors (Lipinski definition) is 5. The second-order valence-corrected chi connectivity index (χ2v) is 9.42. The van der Waals surface area contributed by atoms with Crippen molar-refractivity contribution in [2.24, 2.45) is 7.05 Å². The van der Waals surface area contributed by atoms with Crippen molar-refractivity contribution in [2.45, 2.75) is 23.8 Å². The van der Waals surface area contributed by atoms with Crippen LogP contribution in [0.25, 0.3) is 10.2 Å². The van der Waals surface area contributed by atoms with Crippen molar-refractivity contribution < 1.29 is 8.42 Å². The summed E-state index contributed by atoms with van der Waals surface area (Å²) >= 11 is 7.77. The fourth-order valence-corrected chi connectivity index (χ4v) is 6.09. The van der Waals surface area contributed by atoms with Crippen LogP contribution in [0.15, 0.2) is 35.6 Å². The van der Waals surface area contributed by atoms with E-state index in [2.05, 4.69) is 11.1 Å². The van der Waals surface area contributed by atoms with Gasteiger partial charge in [-0.1, -0.05) is 23.7 Å². The number of halogens is 1. The molecule has 1 aliphatic rings. The van der Waals surface area contributed by atoms with E-state index in [1.807, 2.05) is 18.2 Å². The highest BCUT2D eigenvalue weighted by molar-refractivity contribution is 7.89. The van der Waals surface area contributed by atoms with Crippen LogP contribution in [0.1, 0.15) is 23.8 Å². The van der Waals surface area contributed by atoms with Gasteiger partial charge in [-0.25, -0.2) is 18.4 Å². The molecular formula is C16H17ClN4O2S2. The summed E-state index contributed by atoms with van der Waals surface area (Å²) in [6.07, 6.45) is 2.93. The SMILES string of the molecule is Cn1cnc(S(=O)(=O)N2CCC(c3nc4ccccc4s3)CC2)c1Cl. The Hall–Kier alpha value is -1.48. The molecule has 3 heterocycles. The zero-order valence-corrected chi connectivity index (χ0v) is 16.0. The van der Waals surface area contributed by atoms with Crippen molar-refractivity contribution >= 4 is 43.2 Å². The minimum absolute atomic E-state index is 0.0601. The fourth-order valence-electron chi connectivity index (χ4n) is 3.10. The summed E-state index contributed by atoms with van der Waals surface area (Å²) in [7, 11) is -1.98. The van der Waals surface area contributed by atoms with Gasteiger partial charge >= 0.3 is 0 Å². The average Bonchev–Trinajstić information content (AvgIpc) is 3.19. The molecule has 0 bridgehead atoms. The van der Waals surface area contributed by atoms with Crippen molar-refractivity contribution in [3.8, 4) is 0 Å². The Kier molecular flexibility index (Phi) is 4.31. The van der Waals surface area contributed by atoms with Gasteiger partial charge in [0.1, 0.15) is 5.15 Å². The molecule has 1 fully saturated rings. The third kappa shape index (κ3) is 2.97. The van der Waals surface area contributed by atoms with Crippen molar-refractivity contribution in [1.29, 1.82) is 0 Å². The largest absolute Gasteiger partial charge is 0.324 e. The lowest BCUT2D eigenvalue weighted by atomic mass is 9.99. The number of thiazole rings is 1. The molecule has 0 aliphatic carbocycles. The molecule has 132 valence electrons. The van der Waals surface area contributed by atoms with Gasteiger partial charge in [0.25, 0.3) is 10.0 Å². The Balaban J connectivity index is 1.52. The Morgan fingerprint density at radius 1 is 1.24 bits per heavy atom. The minimum atomic E-state index is -3.65. The van der Waals surface area contributed by atoms with Gasteiger partial charge in [-0.2, -0.15) is 4.31 Å². The third-order valence-electron chi connectivity index (χ3n) is 4.53. The molecule has 0 N–H and O–H groups in total. The van der Waals surface area contributed by atoms with Gasteiger partial charge in [0.15, 0.2) is 0 Å². The predicted octanol–water partition coefficient (Wildman–Crippen LogP) is 3.25. The average molecular weight is 397 g/mol. The normalized spacial score (nSPS) is 17.4. The summed E-state index contributed by atoms with van der Waals surface area (Å²) in [6, 6.07) is 8.07. The van der Waals surface area contributed by atoms with Gasteiger partial charge in [-0.15, -0.1) is 11.3 Å². The number of aromatic nitrogens is 3. The lowest BCUT2D eigenvalue weighted by molar-refractivity contribution is 0.318. The van der Waals surface area contributed by atoms with Crippen LogP contribution >= 0.6 is 22.9 Å². The molecule has 4 rings (SSSR count). The molecule has 2 aromatic heterocycles. The highest BCUT2D eigenvalue weighted by Crippen LogP contribution is 2.35. The minimum Gasteiger partial charge on any atom is -0.324 e. The zero-order chi connectivity index (χ0) is 17.6. The smallest absolute Gasteiger partial charge is 0.263 e. The van der Waals surface area contributed by atoms with Crippen LogP contribution in [0.4, 0.5) is 0 Å². The summed E-state index contributed by atoms with van der Waals surface area (Å²) in [6.45, 7) is 0.908. The fraction of sp³-hybridized carbons (Fsp3) is 0.375. The second-order valence-electron chi connectivity index (χ2n) is 6.15. The van der Waals surface area contributed by atoms with Crippen LogP contribution in [0.3, 0.4) is 0 Å². The number of rotatable bonds is 3. The zero-order valence-electron chi connectivity index (χ0n) is 13.6. The molecule has 3 aromatic rings. The van der Waals surface area contributed by atoms with E-state index in [1.165, 1.54) is 19.9 Å². The number of para-hydroxylation sites is 1. The number of sulfonamides is 1. The maximum absolute atomic E-state index is 12.8. The standard InChI is InChI=1S/C16H17ClN4O2S2/c1-20-10-18-16(14(20)17)25(22,23)21-8-6-11(7-9-21)15-19-12-4-2-3-5-13(12)24-15/h2-5,10-11H,6-9H2,1H3. The highest BCUT2D eigenvalue weighted by atomic mass is 35.5. The van der Waals surface area contributed by atoms with Crippen molar-refractivity contribution in [2.75, 3.05) is 13.1 Å². The van der Waals surface area contributed by atoms with Crippen LogP contribution < -0.4 is 0 Å². The van der Waals surface area contributed by atoms with Gasteiger partial charge in [0.2, 0.25) is 5.03 Å². The molecule has 1 aliphatic heterocycles. The number of nitrogens with zero attached hydrogens (tertiary/aromatic N) is 4. The molecule has 0 radical (unpaired) electrons. The number of hydrogen-bond donors (Lipinski definition) is 0. The summed E-state index contributed by atoms with van der Waals surface area (Å²) in [5.41, 5.74) is 1.01. The molecule has 1 aromatic carbocycles. The van der Waals surface area contributed by atoms with Crippen LogP contribution in [0.2, 0.25) is 5.15 Å². The van der Waals surface area contributed by atoms with Crippen LogP contribution in [-0.4, -0.2) is 40.3 Å². The molecule has 25 heavy (non-hydrogen) atoms. The molecule has 9 heteroatoms. The Bertz CT molecular complexity index is 987. The molecular weight excluding hydrogens is 380 g/mol. The van der Waals surface area contributed by atoms with Gasteiger partial charge in [0.05, 0.1) is 21.6 Å². The Labute approximate surface area is 155 Å². The van der Waals surface area contributed by atoms with Gasteiger partial charge in [-0.3, -0.25) is 0 Å². The van der Waals surface area contributed by atoms with Crippen molar-refractivity contribution in [3.63, 3.8) is 0 Å². The second kappa shape index (κ2) is 6.35.